The SMILES string of the molecule is COc1ccc(C(=O)COC(=O)c2ccc(C)c(C)c2)cc1. The van der Waals surface area contributed by atoms with E-state index < -0.39 is 5.97 Å². The molecule has 4 nitrogen and oxygen atoms in total. The molecule has 0 N–H and O–H groups in total. The molecule has 0 bridgehead atoms. The molecular formula is C18H18O4. The van der Waals surface area contributed by atoms with Crippen molar-refractivity contribution in [2.75, 3.05) is 13.7 Å². The van der Waals surface area contributed by atoms with Gasteiger partial charge in [0.25, 0.3) is 0 Å². The van der Waals surface area contributed by atoms with Gasteiger partial charge in [-0.3, -0.25) is 4.79 Å². The molecule has 0 fully saturated rings. The first-order valence-corrected chi connectivity index (χ1v) is 6.93. The quantitative estimate of drug-likeness (QED) is 0.627. The summed E-state index contributed by atoms with van der Waals surface area (Å²) < 4.78 is 10.1. The number of ether oxygens (including phenoxy) is 2. The molecule has 2 rings (SSSR count). The van der Waals surface area contributed by atoms with Gasteiger partial charge in [-0.05, 0) is 61.4 Å². The molecule has 0 amide bonds. The summed E-state index contributed by atoms with van der Waals surface area (Å²) in [6.07, 6.45) is 0. The van der Waals surface area contributed by atoms with Gasteiger partial charge in [0.15, 0.2) is 12.4 Å². The minimum atomic E-state index is -0.495. The maximum atomic E-state index is 12.0. The number of methoxy groups -OCH3 is 1. The molecule has 0 unspecified atom stereocenters. The number of Topliss-reactive ketones (excluding diaryl/α,β-unsaturated/α-hetero) is 1. The number of rotatable bonds is 5. The summed E-state index contributed by atoms with van der Waals surface area (Å²) in [5, 5.41) is 0. The highest BCUT2D eigenvalue weighted by Gasteiger charge is 2.12. The molecule has 0 spiro atoms. The zero-order chi connectivity index (χ0) is 16.1. The van der Waals surface area contributed by atoms with Gasteiger partial charge >= 0.3 is 5.97 Å². The van der Waals surface area contributed by atoms with E-state index in [-0.39, 0.29) is 12.4 Å². The van der Waals surface area contributed by atoms with Crippen molar-refractivity contribution in [1.29, 1.82) is 0 Å². The predicted octanol–water partition coefficient (Wildman–Crippen LogP) is 3.35. The first-order chi connectivity index (χ1) is 10.5. The van der Waals surface area contributed by atoms with Crippen LogP contribution in [0.2, 0.25) is 0 Å². The minimum Gasteiger partial charge on any atom is -0.497 e. The summed E-state index contributed by atoms with van der Waals surface area (Å²) in [5.41, 5.74) is 3.04. The molecule has 0 aliphatic heterocycles. The van der Waals surface area contributed by atoms with Crippen molar-refractivity contribution in [3.05, 3.63) is 64.7 Å². The van der Waals surface area contributed by atoms with Gasteiger partial charge < -0.3 is 9.47 Å². The lowest BCUT2D eigenvalue weighted by Crippen LogP contribution is -2.14. The smallest absolute Gasteiger partial charge is 0.338 e. The van der Waals surface area contributed by atoms with E-state index in [0.717, 1.165) is 11.1 Å². The molecule has 114 valence electrons. The van der Waals surface area contributed by atoms with Gasteiger partial charge in [0.1, 0.15) is 5.75 Å². The van der Waals surface area contributed by atoms with Crippen molar-refractivity contribution >= 4 is 11.8 Å². The molecule has 0 atom stereocenters. The predicted molar refractivity (Wildman–Crippen MR) is 83.5 cm³/mol. The molecule has 0 radical (unpaired) electrons. The molecule has 22 heavy (non-hydrogen) atoms. The van der Waals surface area contributed by atoms with Crippen molar-refractivity contribution in [3.63, 3.8) is 0 Å². The van der Waals surface area contributed by atoms with Crippen molar-refractivity contribution in [2.24, 2.45) is 0 Å². The number of carbonyl (C=O) groups is 2. The Kier molecular flexibility index (Phi) is 4.94. The van der Waals surface area contributed by atoms with Crippen molar-refractivity contribution < 1.29 is 19.1 Å². The maximum absolute atomic E-state index is 12.0. The van der Waals surface area contributed by atoms with Crippen LogP contribution < -0.4 is 4.74 Å². The van der Waals surface area contributed by atoms with E-state index in [2.05, 4.69) is 0 Å². The topological polar surface area (TPSA) is 52.6 Å². The molecule has 0 aromatic heterocycles. The third-order valence-electron chi connectivity index (χ3n) is 3.49. The fraction of sp³-hybridized carbons (Fsp3) is 0.222. The van der Waals surface area contributed by atoms with E-state index in [9.17, 15) is 9.59 Å². The normalized spacial score (nSPS) is 10.1. The molecule has 0 saturated heterocycles. The third kappa shape index (κ3) is 3.73. The highest BCUT2D eigenvalue weighted by Crippen LogP contribution is 2.13. The maximum Gasteiger partial charge on any atom is 0.338 e. The van der Waals surface area contributed by atoms with Gasteiger partial charge in [0.2, 0.25) is 0 Å². The molecule has 0 aliphatic rings. The summed E-state index contributed by atoms with van der Waals surface area (Å²) in [7, 11) is 1.56. The van der Waals surface area contributed by atoms with E-state index in [1.165, 1.54) is 0 Å². The Balaban J connectivity index is 1.97. The lowest BCUT2D eigenvalue weighted by atomic mass is 10.1. The fourth-order valence-corrected chi connectivity index (χ4v) is 1.94. The van der Waals surface area contributed by atoms with Gasteiger partial charge in [-0.1, -0.05) is 6.07 Å². The fourth-order valence-electron chi connectivity index (χ4n) is 1.94. The summed E-state index contributed by atoms with van der Waals surface area (Å²) in [6.45, 7) is 3.62. The Morgan fingerprint density at radius 3 is 2.14 bits per heavy atom. The molecular weight excluding hydrogens is 280 g/mol. The summed E-state index contributed by atoms with van der Waals surface area (Å²) in [5.74, 6) is -0.0755. The van der Waals surface area contributed by atoms with Gasteiger partial charge in [-0.15, -0.1) is 0 Å². The Morgan fingerprint density at radius 1 is 0.909 bits per heavy atom. The van der Waals surface area contributed by atoms with Crippen LogP contribution in [-0.4, -0.2) is 25.5 Å². The Labute approximate surface area is 129 Å². The Hall–Kier alpha value is -2.62. The van der Waals surface area contributed by atoms with Crippen LogP contribution in [0.15, 0.2) is 42.5 Å². The third-order valence-corrected chi connectivity index (χ3v) is 3.49. The Bertz CT molecular complexity index is 687. The molecule has 0 saturated carbocycles. The second kappa shape index (κ2) is 6.89. The van der Waals surface area contributed by atoms with Crippen LogP contribution in [0.25, 0.3) is 0 Å². The van der Waals surface area contributed by atoms with Crippen molar-refractivity contribution in [3.8, 4) is 5.75 Å². The monoisotopic (exact) mass is 298 g/mol. The summed E-state index contributed by atoms with van der Waals surface area (Å²) >= 11 is 0. The highest BCUT2D eigenvalue weighted by atomic mass is 16.5. The van der Waals surface area contributed by atoms with E-state index >= 15 is 0 Å². The number of aryl methyl sites for hydroxylation is 2. The first-order valence-electron chi connectivity index (χ1n) is 6.93. The lowest BCUT2D eigenvalue weighted by molar-refractivity contribution is 0.0474. The zero-order valence-corrected chi connectivity index (χ0v) is 12.9. The standard InChI is InChI=1S/C18H18O4/c1-12-4-5-15(10-13(12)2)18(20)22-11-17(19)14-6-8-16(21-3)9-7-14/h4-10H,11H2,1-3H3. The van der Waals surface area contributed by atoms with Crippen LogP contribution in [-0.2, 0) is 4.74 Å². The number of ketones is 1. The van der Waals surface area contributed by atoms with Crippen molar-refractivity contribution in [2.45, 2.75) is 13.8 Å². The second-order valence-electron chi connectivity index (χ2n) is 5.03. The number of benzene rings is 2. The van der Waals surface area contributed by atoms with E-state index in [4.69, 9.17) is 9.47 Å². The first kappa shape index (κ1) is 15.8. The number of hydrogen-bond donors (Lipinski definition) is 0. The van der Waals surface area contributed by atoms with Gasteiger partial charge in [0, 0.05) is 5.56 Å². The lowest BCUT2D eigenvalue weighted by Gasteiger charge is -2.07. The minimum absolute atomic E-state index is 0.250. The molecule has 0 heterocycles. The summed E-state index contributed by atoms with van der Waals surface area (Å²) in [6, 6.07) is 12.0. The van der Waals surface area contributed by atoms with Crippen LogP contribution in [0, 0.1) is 13.8 Å². The number of hydrogen-bond acceptors (Lipinski definition) is 4. The van der Waals surface area contributed by atoms with E-state index in [0.29, 0.717) is 16.9 Å². The van der Waals surface area contributed by atoms with Crippen LogP contribution in [0.1, 0.15) is 31.8 Å². The van der Waals surface area contributed by atoms with E-state index in [1.54, 1.807) is 43.5 Å². The molecule has 4 heteroatoms. The average molecular weight is 298 g/mol. The average Bonchev–Trinajstić information content (AvgIpc) is 2.54. The second-order valence-corrected chi connectivity index (χ2v) is 5.03. The molecule has 0 aliphatic carbocycles. The number of carbonyl (C=O) groups excluding carboxylic acids is 2. The van der Waals surface area contributed by atoms with Crippen LogP contribution in [0.3, 0.4) is 0 Å². The van der Waals surface area contributed by atoms with Gasteiger partial charge in [-0.25, -0.2) is 4.79 Å². The highest BCUT2D eigenvalue weighted by molar-refractivity contribution is 5.99. The van der Waals surface area contributed by atoms with Crippen LogP contribution >= 0.6 is 0 Å². The van der Waals surface area contributed by atoms with Gasteiger partial charge in [-0.2, -0.15) is 0 Å². The Morgan fingerprint density at radius 2 is 1.55 bits per heavy atom. The van der Waals surface area contributed by atoms with Gasteiger partial charge in [0.05, 0.1) is 12.7 Å². The zero-order valence-electron chi connectivity index (χ0n) is 12.9. The van der Waals surface area contributed by atoms with Crippen molar-refractivity contribution in [1.82, 2.24) is 0 Å². The number of esters is 1. The molecule has 2 aromatic rings. The molecule has 2 aromatic carbocycles. The van der Waals surface area contributed by atoms with E-state index in [1.807, 2.05) is 19.9 Å². The summed E-state index contributed by atoms with van der Waals surface area (Å²) in [4.78, 5) is 23.9. The largest absolute Gasteiger partial charge is 0.497 e. The van der Waals surface area contributed by atoms with Crippen LogP contribution in [0.5, 0.6) is 5.75 Å². The van der Waals surface area contributed by atoms with Crippen LogP contribution in [0.4, 0.5) is 0 Å².